The molecule has 1 saturated carbocycles. The summed E-state index contributed by atoms with van der Waals surface area (Å²) in [7, 11) is 0. The lowest BCUT2D eigenvalue weighted by molar-refractivity contribution is -0.122. The first-order valence-corrected chi connectivity index (χ1v) is 11.3. The minimum absolute atomic E-state index is 0.0424. The number of hydrogen-bond acceptors (Lipinski definition) is 4. The number of nitrogens with zero attached hydrogens (tertiary/aromatic N) is 3. The number of anilines is 1. The van der Waals surface area contributed by atoms with Crippen molar-refractivity contribution in [2.24, 2.45) is 0 Å². The molecule has 1 aliphatic carbocycles. The Kier molecular flexibility index (Phi) is 6.45. The summed E-state index contributed by atoms with van der Waals surface area (Å²) in [6, 6.07) is 12.9. The third-order valence-corrected chi connectivity index (χ3v) is 6.69. The first-order valence-electron chi connectivity index (χ1n) is 11.3. The Balaban J connectivity index is 1.50. The molecule has 0 spiro atoms. The number of amides is 1. The van der Waals surface area contributed by atoms with Crippen molar-refractivity contribution in [3.8, 4) is 6.07 Å². The van der Waals surface area contributed by atoms with Crippen molar-refractivity contribution in [1.29, 1.82) is 5.26 Å². The summed E-state index contributed by atoms with van der Waals surface area (Å²) in [5.74, 6) is 0.601. The average Bonchev–Trinajstić information content (AvgIpc) is 3.35. The zero-order valence-electron chi connectivity index (χ0n) is 18.7. The lowest BCUT2D eigenvalue weighted by Crippen LogP contribution is -2.46. The molecule has 1 aromatic carbocycles. The number of rotatable bonds is 5. The van der Waals surface area contributed by atoms with Gasteiger partial charge in [-0.25, -0.2) is 0 Å². The fourth-order valence-corrected chi connectivity index (χ4v) is 5.10. The van der Waals surface area contributed by atoms with E-state index in [4.69, 9.17) is 4.74 Å². The molecule has 31 heavy (non-hydrogen) atoms. The molecule has 2 atom stereocenters. The molecule has 2 fully saturated rings. The van der Waals surface area contributed by atoms with Crippen LogP contribution in [-0.2, 0) is 9.53 Å². The van der Waals surface area contributed by atoms with Crippen LogP contribution in [0.3, 0.4) is 0 Å². The van der Waals surface area contributed by atoms with Gasteiger partial charge in [0.2, 0.25) is 5.91 Å². The third kappa shape index (κ3) is 4.53. The molecular weight excluding hydrogens is 388 g/mol. The van der Waals surface area contributed by atoms with Crippen molar-refractivity contribution in [3.63, 3.8) is 0 Å². The van der Waals surface area contributed by atoms with Gasteiger partial charge < -0.3 is 14.6 Å². The molecule has 2 aromatic rings. The molecule has 1 aliphatic heterocycles. The number of nitrogens with one attached hydrogen (secondary N) is 1. The van der Waals surface area contributed by atoms with Crippen LogP contribution in [0.2, 0.25) is 0 Å². The summed E-state index contributed by atoms with van der Waals surface area (Å²) in [6.45, 7) is 7.75. The maximum Gasteiger partial charge on any atom is 0.239 e. The van der Waals surface area contributed by atoms with Crippen molar-refractivity contribution < 1.29 is 9.53 Å². The van der Waals surface area contributed by atoms with Crippen LogP contribution < -0.4 is 5.32 Å². The molecular formula is C25H32N4O2. The van der Waals surface area contributed by atoms with Gasteiger partial charge in [-0.05, 0) is 44.7 Å². The Morgan fingerprint density at radius 2 is 1.90 bits per heavy atom. The number of hydrogen-bond donors (Lipinski definition) is 1. The highest BCUT2D eigenvalue weighted by Crippen LogP contribution is 2.37. The fourth-order valence-electron chi connectivity index (χ4n) is 5.10. The van der Waals surface area contributed by atoms with E-state index in [9.17, 15) is 10.1 Å². The molecule has 1 aromatic heterocycles. The summed E-state index contributed by atoms with van der Waals surface area (Å²) in [4.78, 5) is 15.2. The molecule has 1 N–H and O–H groups in total. The lowest BCUT2D eigenvalue weighted by Gasteiger charge is -2.36. The van der Waals surface area contributed by atoms with Crippen LogP contribution in [0.4, 0.5) is 5.82 Å². The summed E-state index contributed by atoms with van der Waals surface area (Å²) in [6.07, 6.45) is 4.60. The summed E-state index contributed by atoms with van der Waals surface area (Å²) in [5.41, 5.74) is 3.78. The van der Waals surface area contributed by atoms with Crippen molar-refractivity contribution in [3.05, 3.63) is 52.7 Å². The molecule has 6 heteroatoms. The Morgan fingerprint density at radius 3 is 2.58 bits per heavy atom. The number of carbonyl (C=O) groups excluding carboxylic acids is 1. The van der Waals surface area contributed by atoms with Crippen molar-refractivity contribution >= 4 is 11.7 Å². The normalized spacial score (nSPS) is 22.4. The molecule has 0 radical (unpaired) electrons. The smallest absolute Gasteiger partial charge is 0.239 e. The number of benzene rings is 1. The highest BCUT2D eigenvalue weighted by Gasteiger charge is 2.30. The number of morpholine rings is 1. The zero-order chi connectivity index (χ0) is 22.0. The molecule has 2 unspecified atom stereocenters. The quantitative estimate of drug-likeness (QED) is 0.774. The van der Waals surface area contributed by atoms with Crippen LogP contribution in [-0.4, -0.2) is 41.1 Å². The molecule has 2 aliphatic rings. The van der Waals surface area contributed by atoms with Gasteiger partial charge in [0.1, 0.15) is 11.9 Å². The zero-order valence-corrected chi connectivity index (χ0v) is 18.7. The molecule has 0 bridgehead atoms. The summed E-state index contributed by atoms with van der Waals surface area (Å²) < 4.78 is 8.33. The number of carbonyl (C=O) groups is 1. The monoisotopic (exact) mass is 420 g/mol. The largest absolute Gasteiger partial charge is 0.368 e. The van der Waals surface area contributed by atoms with Gasteiger partial charge in [0.25, 0.3) is 0 Å². The highest BCUT2D eigenvalue weighted by molar-refractivity contribution is 5.93. The maximum absolute atomic E-state index is 13.1. The molecule has 1 saturated heterocycles. The Bertz CT molecular complexity index is 970. The summed E-state index contributed by atoms with van der Waals surface area (Å²) >= 11 is 0. The predicted octanol–water partition coefficient (Wildman–Crippen LogP) is 4.49. The van der Waals surface area contributed by atoms with Crippen LogP contribution in [0.1, 0.15) is 67.1 Å². The van der Waals surface area contributed by atoms with Crippen LogP contribution >= 0.6 is 0 Å². The van der Waals surface area contributed by atoms with Gasteiger partial charge in [-0.15, -0.1) is 0 Å². The summed E-state index contributed by atoms with van der Waals surface area (Å²) in [5, 5.41) is 12.9. The van der Waals surface area contributed by atoms with Gasteiger partial charge in [-0.2, -0.15) is 5.26 Å². The highest BCUT2D eigenvalue weighted by atomic mass is 16.5. The molecule has 164 valence electrons. The number of ether oxygens (including phenoxy) is 1. The van der Waals surface area contributed by atoms with E-state index in [1.54, 1.807) is 0 Å². The van der Waals surface area contributed by atoms with Gasteiger partial charge >= 0.3 is 0 Å². The lowest BCUT2D eigenvalue weighted by atomic mass is 10.1. The van der Waals surface area contributed by atoms with Crippen LogP contribution in [0.25, 0.3) is 0 Å². The van der Waals surface area contributed by atoms with E-state index >= 15 is 0 Å². The van der Waals surface area contributed by atoms with E-state index in [1.807, 2.05) is 32.0 Å². The standard InChI is InChI=1S/C25H32N4O2/c1-17-14-28(15-23(31-17)20-9-5-4-6-10-20)16-24(30)27-25-22(13-26)18(2)19(3)29(25)21-11-7-8-12-21/h4-6,9-10,17,21,23H,7-8,11-12,14-16H2,1-3H3,(H,27,30). The van der Waals surface area contributed by atoms with Gasteiger partial charge in [-0.1, -0.05) is 43.2 Å². The van der Waals surface area contributed by atoms with E-state index in [-0.39, 0.29) is 24.7 Å². The molecule has 2 heterocycles. The second kappa shape index (κ2) is 9.25. The fraction of sp³-hybridized carbons (Fsp3) is 0.520. The average molecular weight is 421 g/mol. The van der Waals surface area contributed by atoms with Crippen molar-refractivity contribution in [1.82, 2.24) is 9.47 Å². The molecule has 4 rings (SSSR count). The maximum atomic E-state index is 13.1. The molecule has 6 nitrogen and oxygen atoms in total. The van der Waals surface area contributed by atoms with E-state index < -0.39 is 0 Å². The SMILES string of the molecule is Cc1c(C#N)c(NC(=O)CN2CC(C)OC(c3ccccc3)C2)n(C2CCCC2)c1C. The number of aromatic nitrogens is 1. The predicted molar refractivity (Wildman–Crippen MR) is 121 cm³/mol. The minimum Gasteiger partial charge on any atom is -0.368 e. The van der Waals surface area contributed by atoms with E-state index in [0.717, 1.165) is 29.7 Å². The van der Waals surface area contributed by atoms with E-state index in [1.165, 1.54) is 12.8 Å². The molecule has 1 amide bonds. The van der Waals surface area contributed by atoms with E-state index in [2.05, 4.69) is 39.9 Å². The third-order valence-electron chi connectivity index (χ3n) is 6.69. The van der Waals surface area contributed by atoms with Gasteiger partial charge in [-0.3, -0.25) is 9.69 Å². The second-order valence-corrected chi connectivity index (χ2v) is 8.94. The first kappa shape index (κ1) is 21.6. The van der Waals surface area contributed by atoms with Crippen LogP contribution in [0, 0.1) is 25.2 Å². The topological polar surface area (TPSA) is 70.3 Å². The van der Waals surface area contributed by atoms with Gasteiger partial charge in [0.05, 0.1) is 24.3 Å². The van der Waals surface area contributed by atoms with Crippen molar-refractivity contribution in [2.75, 3.05) is 25.0 Å². The Labute approximate surface area is 184 Å². The van der Waals surface area contributed by atoms with Gasteiger partial charge in [0.15, 0.2) is 0 Å². The Morgan fingerprint density at radius 1 is 1.19 bits per heavy atom. The van der Waals surface area contributed by atoms with Crippen LogP contribution in [0.15, 0.2) is 30.3 Å². The number of nitriles is 1. The van der Waals surface area contributed by atoms with Crippen LogP contribution in [0.5, 0.6) is 0 Å². The minimum atomic E-state index is -0.0749. The van der Waals surface area contributed by atoms with Gasteiger partial charge in [0, 0.05) is 24.8 Å². The van der Waals surface area contributed by atoms with Crippen molar-refractivity contribution in [2.45, 2.75) is 64.7 Å². The Hall–Kier alpha value is -2.62. The van der Waals surface area contributed by atoms with E-state index in [0.29, 0.717) is 30.5 Å². The second-order valence-electron chi connectivity index (χ2n) is 8.94. The first-order chi connectivity index (χ1) is 15.0.